The molecule has 1 unspecified atom stereocenters. The predicted octanol–water partition coefficient (Wildman–Crippen LogP) is 1.24. The van der Waals surface area contributed by atoms with Crippen LogP contribution in [0.25, 0.3) is 0 Å². The second kappa shape index (κ2) is 8.92. The van der Waals surface area contributed by atoms with Crippen LogP contribution in [0.2, 0.25) is 0 Å². The van der Waals surface area contributed by atoms with Crippen molar-refractivity contribution < 1.29 is 32.3 Å². The van der Waals surface area contributed by atoms with Crippen LogP contribution in [-0.2, 0) is 19.2 Å². The number of fused-ring (bicyclic) bond motifs is 2. The van der Waals surface area contributed by atoms with E-state index in [0.717, 1.165) is 12.8 Å². The highest BCUT2D eigenvalue weighted by atomic mass is 19.4. The molecule has 2 aliphatic carbocycles. The fourth-order valence-corrected chi connectivity index (χ4v) is 6.31. The summed E-state index contributed by atoms with van der Waals surface area (Å²) in [4.78, 5) is 52.3. The van der Waals surface area contributed by atoms with E-state index in [0.29, 0.717) is 19.4 Å². The molecule has 4 amide bonds. The van der Waals surface area contributed by atoms with Crippen LogP contribution in [0.3, 0.4) is 0 Å². The van der Waals surface area contributed by atoms with Crippen molar-refractivity contribution >= 4 is 23.6 Å². The predicted molar refractivity (Wildman–Crippen MR) is 119 cm³/mol. The number of hydrogen-bond acceptors (Lipinski definition) is 5. The molecule has 4 fully saturated rings. The molecule has 12 heteroatoms. The van der Waals surface area contributed by atoms with Crippen LogP contribution in [0.4, 0.5) is 13.2 Å². The van der Waals surface area contributed by atoms with E-state index in [-0.39, 0.29) is 36.6 Å². The first kappa shape index (κ1) is 26.2. The lowest BCUT2D eigenvalue weighted by atomic mass is 9.85. The molecule has 198 valence electrons. The summed E-state index contributed by atoms with van der Waals surface area (Å²) in [5, 5.41) is 17.0. The van der Waals surface area contributed by atoms with Crippen LogP contribution < -0.4 is 16.0 Å². The second-order valence-electron chi connectivity index (χ2n) is 11.7. The van der Waals surface area contributed by atoms with Gasteiger partial charge in [0.15, 0.2) is 0 Å². The lowest BCUT2D eigenvalue weighted by molar-refractivity contribution is -0.176. The van der Waals surface area contributed by atoms with Gasteiger partial charge in [0.05, 0.1) is 11.5 Å². The van der Waals surface area contributed by atoms with E-state index >= 15 is 0 Å². The smallest absolute Gasteiger partial charge is 0.355 e. The van der Waals surface area contributed by atoms with Gasteiger partial charge in [0, 0.05) is 13.1 Å². The minimum atomic E-state index is -5.16. The van der Waals surface area contributed by atoms with Gasteiger partial charge >= 0.3 is 12.1 Å². The Hall–Kier alpha value is -2.84. The fraction of sp³-hybridized carbons (Fsp3) is 0.792. The summed E-state index contributed by atoms with van der Waals surface area (Å²) in [6.45, 7) is 5.38. The van der Waals surface area contributed by atoms with Gasteiger partial charge in [-0.2, -0.15) is 18.4 Å². The van der Waals surface area contributed by atoms with Gasteiger partial charge in [-0.05, 0) is 48.9 Å². The van der Waals surface area contributed by atoms with Crippen molar-refractivity contribution in [2.75, 3.05) is 13.1 Å². The normalized spacial score (nSPS) is 32.6. The van der Waals surface area contributed by atoms with E-state index in [9.17, 15) is 37.6 Å². The Kier molecular flexibility index (Phi) is 6.50. The summed E-state index contributed by atoms with van der Waals surface area (Å²) in [6, 6.07) is -1.35. The van der Waals surface area contributed by atoms with Crippen LogP contribution in [-0.4, -0.2) is 65.9 Å². The topological polar surface area (TPSA) is 131 Å². The Morgan fingerprint density at radius 1 is 1.22 bits per heavy atom. The Bertz CT molecular complexity index is 1000. The number of carbonyl (C=O) groups is 4. The molecule has 2 aliphatic heterocycles. The summed E-state index contributed by atoms with van der Waals surface area (Å²) in [5.41, 5.74) is -1.70. The number of hydrogen-bond donors (Lipinski definition) is 3. The summed E-state index contributed by atoms with van der Waals surface area (Å²) in [7, 11) is 0. The largest absolute Gasteiger partial charge is 0.471 e. The van der Waals surface area contributed by atoms with E-state index in [1.807, 2.05) is 5.32 Å². The van der Waals surface area contributed by atoms with Crippen molar-refractivity contribution in [2.24, 2.45) is 28.6 Å². The number of rotatable bonds is 6. The SMILES string of the molecule is CC(C)(C)[C@H](NC(=O)C(F)(F)F)C(=O)N1C[C@@H]2CCC[C@@H]2[C@H]1C(=O)N[C@H](C#N)C[C@]12CC1CNC2=O. The molecule has 0 aromatic heterocycles. The molecule has 4 rings (SSSR count). The van der Waals surface area contributed by atoms with Crippen LogP contribution in [0.1, 0.15) is 52.9 Å². The molecule has 9 nitrogen and oxygen atoms in total. The number of likely N-dealkylation sites (tertiary alicyclic amines) is 1. The first-order chi connectivity index (χ1) is 16.7. The summed E-state index contributed by atoms with van der Waals surface area (Å²) in [5.74, 6) is -3.67. The molecule has 2 heterocycles. The fourth-order valence-electron chi connectivity index (χ4n) is 6.31. The quantitative estimate of drug-likeness (QED) is 0.494. The number of piperidine rings is 1. The standard InChI is InChI=1S/C24H32F3N5O4/c1-22(2,3)17(31-21(36)24(25,26)27)19(34)32-11-12-5-4-6-15(12)16(32)18(33)30-14(9-28)8-23-7-13(23)10-29-20(23)35/h12-17H,4-8,10-11H2,1-3H3,(H,29,35)(H,30,33)(H,31,36)/t12-,13?,14-,15-,16-,17+,23+/m0/s1. The highest BCUT2D eigenvalue weighted by molar-refractivity contribution is 5.94. The number of halogens is 3. The molecular formula is C24H32F3N5O4. The third-order valence-electron chi connectivity index (χ3n) is 8.32. The van der Waals surface area contributed by atoms with Crippen LogP contribution in [0.5, 0.6) is 0 Å². The maximum Gasteiger partial charge on any atom is 0.471 e. The molecule has 0 aromatic carbocycles. The van der Waals surface area contributed by atoms with E-state index in [4.69, 9.17) is 0 Å². The van der Waals surface area contributed by atoms with Gasteiger partial charge in [0.2, 0.25) is 17.7 Å². The Labute approximate surface area is 207 Å². The molecule has 4 aliphatic rings. The maximum atomic E-state index is 13.6. The molecule has 2 saturated heterocycles. The monoisotopic (exact) mass is 511 g/mol. The van der Waals surface area contributed by atoms with E-state index in [1.54, 1.807) is 20.8 Å². The molecular weight excluding hydrogens is 479 g/mol. The molecule has 0 bridgehead atoms. The molecule has 36 heavy (non-hydrogen) atoms. The highest BCUT2D eigenvalue weighted by Crippen LogP contribution is 2.58. The van der Waals surface area contributed by atoms with Crippen molar-refractivity contribution in [2.45, 2.75) is 77.2 Å². The first-order valence-electron chi connectivity index (χ1n) is 12.4. The van der Waals surface area contributed by atoms with Gasteiger partial charge in [-0.3, -0.25) is 19.2 Å². The number of amides is 4. The van der Waals surface area contributed by atoms with Crippen molar-refractivity contribution in [3.8, 4) is 6.07 Å². The minimum absolute atomic E-state index is 0.0104. The lowest BCUT2D eigenvalue weighted by Crippen LogP contribution is -2.60. The van der Waals surface area contributed by atoms with Crippen molar-refractivity contribution in [3.05, 3.63) is 0 Å². The minimum Gasteiger partial charge on any atom is -0.355 e. The molecule has 0 spiro atoms. The molecule has 7 atom stereocenters. The number of alkyl halides is 3. The van der Waals surface area contributed by atoms with Crippen LogP contribution in [0.15, 0.2) is 0 Å². The highest BCUT2D eigenvalue weighted by Gasteiger charge is 2.64. The second-order valence-corrected chi connectivity index (χ2v) is 11.7. The van der Waals surface area contributed by atoms with Crippen molar-refractivity contribution in [3.63, 3.8) is 0 Å². The number of nitriles is 1. The van der Waals surface area contributed by atoms with Crippen molar-refractivity contribution in [1.82, 2.24) is 20.9 Å². The zero-order chi connectivity index (χ0) is 26.6. The average Bonchev–Trinajstić information content (AvgIpc) is 3.03. The molecule has 3 N–H and O–H groups in total. The average molecular weight is 512 g/mol. The number of carbonyl (C=O) groups excluding carboxylic acids is 4. The van der Waals surface area contributed by atoms with Gasteiger partial charge in [-0.25, -0.2) is 0 Å². The van der Waals surface area contributed by atoms with Crippen LogP contribution >= 0.6 is 0 Å². The Balaban J connectivity index is 1.53. The zero-order valence-electron chi connectivity index (χ0n) is 20.6. The van der Waals surface area contributed by atoms with Crippen molar-refractivity contribution in [1.29, 1.82) is 5.26 Å². The summed E-state index contributed by atoms with van der Waals surface area (Å²) < 4.78 is 38.9. The lowest BCUT2D eigenvalue weighted by Gasteiger charge is -2.36. The molecule has 0 aromatic rings. The van der Waals surface area contributed by atoms with E-state index in [1.165, 1.54) is 4.90 Å². The van der Waals surface area contributed by atoms with Gasteiger partial charge in [-0.1, -0.05) is 27.2 Å². The zero-order valence-corrected chi connectivity index (χ0v) is 20.6. The van der Waals surface area contributed by atoms with Gasteiger partial charge in [-0.15, -0.1) is 0 Å². The number of nitrogens with zero attached hydrogens (tertiary/aromatic N) is 2. The van der Waals surface area contributed by atoms with Gasteiger partial charge in [0.1, 0.15) is 18.1 Å². The Morgan fingerprint density at radius 3 is 2.44 bits per heavy atom. The van der Waals surface area contributed by atoms with E-state index < -0.39 is 52.9 Å². The molecule has 2 saturated carbocycles. The van der Waals surface area contributed by atoms with E-state index in [2.05, 4.69) is 16.7 Å². The summed E-state index contributed by atoms with van der Waals surface area (Å²) >= 11 is 0. The number of nitrogens with one attached hydrogen (secondary N) is 3. The maximum absolute atomic E-state index is 13.6. The third kappa shape index (κ3) is 4.64. The molecule has 0 radical (unpaired) electrons. The first-order valence-corrected chi connectivity index (χ1v) is 12.4. The summed E-state index contributed by atoms with van der Waals surface area (Å²) in [6.07, 6.45) is -2.01. The van der Waals surface area contributed by atoms with Crippen LogP contribution in [0, 0.1) is 39.9 Å². The Morgan fingerprint density at radius 2 is 1.92 bits per heavy atom. The third-order valence-corrected chi connectivity index (χ3v) is 8.32. The van der Waals surface area contributed by atoms with Gasteiger partial charge in [0.25, 0.3) is 0 Å². The van der Waals surface area contributed by atoms with Gasteiger partial charge < -0.3 is 20.9 Å².